The lowest BCUT2D eigenvalue weighted by Crippen LogP contribution is -2.22. The van der Waals surface area contributed by atoms with Crippen molar-refractivity contribution in [2.75, 3.05) is 5.32 Å². The Morgan fingerprint density at radius 1 is 1.13 bits per heavy atom. The zero-order valence-corrected chi connectivity index (χ0v) is 17.3. The van der Waals surface area contributed by atoms with Gasteiger partial charge < -0.3 is 10.1 Å². The first-order valence-corrected chi connectivity index (χ1v) is 10.2. The second-order valence-electron chi connectivity index (χ2n) is 6.84. The number of aromatic nitrogens is 3. The van der Waals surface area contributed by atoms with Gasteiger partial charge in [0.15, 0.2) is 10.8 Å². The summed E-state index contributed by atoms with van der Waals surface area (Å²) in [5.41, 5.74) is 3.07. The molecule has 0 spiro atoms. The molecule has 0 aliphatic carbocycles. The molecule has 1 N–H and O–H groups in total. The van der Waals surface area contributed by atoms with Crippen molar-refractivity contribution in [3.05, 3.63) is 60.2 Å². The summed E-state index contributed by atoms with van der Waals surface area (Å²) in [6, 6.07) is 14.8. The summed E-state index contributed by atoms with van der Waals surface area (Å²) in [6.07, 6.45) is -4.76. The zero-order valence-electron chi connectivity index (χ0n) is 16.5. The van der Waals surface area contributed by atoms with Crippen LogP contribution in [0.1, 0.15) is 12.5 Å². The van der Waals surface area contributed by atoms with Crippen LogP contribution in [0.3, 0.4) is 0 Å². The first kappa shape index (κ1) is 21.0. The number of para-hydroxylation sites is 1. The van der Waals surface area contributed by atoms with E-state index in [1.165, 1.54) is 23.9 Å². The van der Waals surface area contributed by atoms with Gasteiger partial charge in [-0.2, -0.15) is 0 Å². The molecule has 0 radical (unpaired) electrons. The van der Waals surface area contributed by atoms with Gasteiger partial charge in [-0.15, -0.1) is 23.4 Å². The van der Waals surface area contributed by atoms with Gasteiger partial charge in [0.05, 0.1) is 10.8 Å². The minimum atomic E-state index is -4.76. The minimum Gasteiger partial charge on any atom is -0.406 e. The van der Waals surface area contributed by atoms with Crippen molar-refractivity contribution in [3.8, 4) is 5.75 Å². The summed E-state index contributed by atoms with van der Waals surface area (Å²) in [7, 11) is 0. The molecule has 0 saturated heterocycles. The molecule has 2 aromatic carbocycles. The fraction of sp³-hybridized carbons (Fsp3) is 0.190. The van der Waals surface area contributed by atoms with Crippen molar-refractivity contribution in [3.63, 3.8) is 0 Å². The van der Waals surface area contributed by atoms with Crippen molar-refractivity contribution in [2.24, 2.45) is 0 Å². The zero-order chi connectivity index (χ0) is 22.2. The molecule has 2 heterocycles. The Bertz CT molecular complexity index is 1260. The molecular formula is C21H17F3N4O2S. The van der Waals surface area contributed by atoms with Crippen LogP contribution in [0, 0.1) is 6.92 Å². The number of nitrogens with zero attached hydrogens (tertiary/aromatic N) is 3. The summed E-state index contributed by atoms with van der Waals surface area (Å²) in [6.45, 7) is 3.73. The molecule has 160 valence electrons. The number of ether oxygens (including phenoxy) is 1. The van der Waals surface area contributed by atoms with E-state index in [0.717, 1.165) is 28.6 Å². The van der Waals surface area contributed by atoms with E-state index in [9.17, 15) is 18.0 Å². The lowest BCUT2D eigenvalue weighted by Gasteiger charge is -2.13. The first-order chi connectivity index (χ1) is 14.7. The predicted molar refractivity (Wildman–Crippen MR) is 112 cm³/mol. The number of halogens is 3. The smallest absolute Gasteiger partial charge is 0.406 e. The summed E-state index contributed by atoms with van der Waals surface area (Å²) in [5, 5.41) is 12.2. The fourth-order valence-electron chi connectivity index (χ4n) is 3.15. The molecule has 10 heteroatoms. The van der Waals surface area contributed by atoms with Crippen LogP contribution in [0.15, 0.2) is 59.8 Å². The van der Waals surface area contributed by atoms with Crippen LogP contribution in [0.5, 0.6) is 5.75 Å². The topological polar surface area (TPSA) is 68.5 Å². The average molecular weight is 446 g/mol. The number of nitrogens with one attached hydrogen (secondary N) is 1. The first-order valence-electron chi connectivity index (χ1n) is 9.28. The molecule has 0 fully saturated rings. The predicted octanol–water partition coefficient (Wildman–Crippen LogP) is 5.21. The number of anilines is 1. The standard InChI is InChI=1S/C21H17F3N4O2S/c1-12-11-18-26-27-20(28(18)17-6-4-3-5-16(12)17)31-13(2)19(29)25-14-7-9-15(10-8-14)30-21(22,23)24/h3-11,13H,1-2H3,(H,25,29). The van der Waals surface area contributed by atoms with Gasteiger partial charge in [-0.1, -0.05) is 30.0 Å². The highest BCUT2D eigenvalue weighted by Crippen LogP contribution is 2.29. The van der Waals surface area contributed by atoms with Gasteiger partial charge in [-0.25, -0.2) is 0 Å². The summed E-state index contributed by atoms with van der Waals surface area (Å²) < 4.78 is 42.5. The van der Waals surface area contributed by atoms with Crippen LogP contribution < -0.4 is 10.1 Å². The Hall–Kier alpha value is -3.27. The third-order valence-corrected chi connectivity index (χ3v) is 5.62. The molecule has 0 aliphatic heterocycles. The number of carbonyl (C=O) groups excluding carboxylic acids is 1. The third-order valence-electron chi connectivity index (χ3n) is 4.58. The molecular weight excluding hydrogens is 429 g/mol. The number of amides is 1. The van der Waals surface area contributed by atoms with Gasteiger partial charge in [0.1, 0.15) is 5.75 Å². The lowest BCUT2D eigenvalue weighted by atomic mass is 10.1. The Labute approximate surface area is 179 Å². The van der Waals surface area contributed by atoms with E-state index in [0.29, 0.717) is 16.5 Å². The highest BCUT2D eigenvalue weighted by atomic mass is 32.2. The van der Waals surface area contributed by atoms with Crippen LogP contribution in [0.4, 0.5) is 18.9 Å². The van der Waals surface area contributed by atoms with E-state index in [1.807, 2.05) is 41.7 Å². The van der Waals surface area contributed by atoms with Gasteiger partial charge in [-0.05, 0) is 55.8 Å². The molecule has 0 bridgehead atoms. The molecule has 0 saturated carbocycles. The number of rotatable bonds is 5. The number of alkyl halides is 3. The van der Waals surface area contributed by atoms with E-state index in [2.05, 4.69) is 20.3 Å². The van der Waals surface area contributed by atoms with E-state index in [1.54, 1.807) is 6.92 Å². The normalized spacial score (nSPS) is 12.8. The molecule has 6 nitrogen and oxygen atoms in total. The van der Waals surface area contributed by atoms with Gasteiger partial charge in [0, 0.05) is 11.1 Å². The SMILES string of the molecule is Cc1cc2nnc(SC(C)C(=O)Nc3ccc(OC(F)(F)F)cc3)n2c2ccccc12. The molecule has 2 aromatic heterocycles. The quantitative estimate of drug-likeness (QED) is 0.427. The van der Waals surface area contributed by atoms with Crippen LogP contribution in [-0.4, -0.2) is 32.1 Å². The van der Waals surface area contributed by atoms with Gasteiger partial charge in [0.2, 0.25) is 5.91 Å². The Morgan fingerprint density at radius 3 is 2.55 bits per heavy atom. The molecule has 4 rings (SSSR count). The fourth-order valence-corrected chi connectivity index (χ4v) is 4.01. The number of carbonyl (C=O) groups is 1. The van der Waals surface area contributed by atoms with Gasteiger partial charge >= 0.3 is 6.36 Å². The molecule has 1 unspecified atom stereocenters. The molecule has 4 aromatic rings. The Kier molecular flexibility index (Phi) is 5.48. The number of thioether (sulfide) groups is 1. The van der Waals surface area contributed by atoms with E-state index in [-0.39, 0.29) is 11.7 Å². The van der Waals surface area contributed by atoms with Gasteiger partial charge in [0.25, 0.3) is 0 Å². The largest absolute Gasteiger partial charge is 0.573 e. The van der Waals surface area contributed by atoms with Crippen molar-refractivity contribution < 1.29 is 22.7 Å². The minimum absolute atomic E-state index is 0.317. The second-order valence-corrected chi connectivity index (χ2v) is 8.15. The summed E-state index contributed by atoms with van der Waals surface area (Å²) >= 11 is 1.24. The Balaban J connectivity index is 1.51. The highest BCUT2D eigenvalue weighted by Gasteiger charge is 2.31. The van der Waals surface area contributed by atoms with Crippen molar-refractivity contribution >= 4 is 39.9 Å². The van der Waals surface area contributed by atoms with Gasteiger partial charge in [-0.3, -0.25) is 9.20 Å². The third kappa shape index (κ3) is 4.58. The number of aryl methyl sites for hydroxylation is 1. The summed E-state index contributed by atoms with van der Waals surface area (Å²) in [5.74, 6) is -0.673. The number of hydrogen-bond acceptors (Lipinski definition) is 5. The van der Waals surface area contributed by atoms with Crippen LogP contribution >= 0.6 is 11.8 Å². The molecule has 31 heavy (non-hydrogen) atoms. The van der Waals surface area contributed by atoms with Crippen LogP contribution in [0.25, 0.3) is 16.6 Å². The Morgan fingerprint density at radius 2 is 1.84 bits per heavy atom. The average Bonchev–Trinajstić information content (AvgIpc) is 3.11. The maximum atomic E-state index is 12.6. The molecule has 1 atom stereocenters. The van der Waals surface area contributed by atoms with Crippen LogP contribution in [0.2, 0.25) is 0 Å². The van der Waals surface area contributed by atoms with Crippen molar-refractivity contribution in [2.45, 2.75) is 30.6 Å². The second kappa shape index (κ2) is 8.10. The van der Waals surface area contributed by atoms with E-state index >= 15 is 0 Å². The number of fused-ring (bicyclic) bond motifs is 3. The van der Waals surface area contributed by atoms with Crippen LogP contribution in [-0.2, 0) is 4.79 Å². The maximum absolute atomic E-state index is 12.6. The maximum Gasteiger partial charge on any atom is 0.573 e. The monoisotopic (exact) mass is 446 g/mol. The van der Waals surface area contributed by atoms with Crippen molar-refractivity contribution in [1.29, 1.82) is 0 Å². The van der Waals surface area contributed by atoms with Crippen molar-refractivity contribution in [1.82, 2.24) is 14.6 Å². The molecule has 0 aliphatic rings. The number of pyridine rings is 1. The van der Waals surface area contributed by atoms with E-state index in [4.69, 9.17) is 0 Å². The highest BCUT2D eigenvalue weighted by molar-refractivity contribution is 8.00. The number of hydrogen-bond donors (Lipinski definition) is 1. The summed E-state index contributed by atoms with van der Waals surface area (Å²) in [4.78, 5) is 12.6. The lowest BCUT2D eigenvalue weighted by molar-refractivity contribution is -0.274. The molecule has 1 amide bonds. The van der Waals surface area contributed by atoms with E-state index < -0.39 is 11.6 Å². The number of benzene rings is 2.